The molecule has 0 radical (unpaired) electrons. The van der Waals surface area contributed by atoms with Crippen LogP contribution in [-0.2, 0) is 22.5 Å². The van der Waals surface area contributed by atoms with Gasteiger partial charge in [-0.2, -0.15) is 0 Å². The number of amides is 1. The Morgan fingerprint density at radius 2 is 2.00 bits per heavy atom. The molecule has 1 aliphatic heterocycles. The Morgan fingerprint density at radius 1 is 1.21 bits per heavy atom. The fourth-order valence-electron chi connectivity index (χ4n) is 3.10. The first-order chi connectivity index (χ1) is 13.5. The van der Waals surface area contributed by atoms with E-state index in [1.165, 1.54) is 0 Å². The Labute approximate surface area is 166 Å². The third-order valence-corrected chi connectivity index (χ3v) is 4.73. The number of rotatable bonds is 7. The fourth-order valence-corrected chi connectivity index (χ4v) is 3.10. The quantitative estimate of drug-likeness (QED) is 0.700. The van der Waals surface area contributed by atoms with Crippen molar-refractivity contribution in [3.05, 3.63) is 48.0 Å². The Bertz CT molecular complexity index is 753. The molecule has 150 valence electrons. The Kier molecular flexibility index (Phi) is 6.89. The molecule has 1 aliphatic rings. The van der Waals surface area contributed by atoms with Crippen LogP contribution >= 0.6 is 0 Å². The van der Waals surface area contributed by atoms with Crippen LogP contribution in [0.15, 0.2) is 36.8 Å². The molecule has 3 rings (SSSR count). The number of anilines is 1. The lowest BCUT2D eigenvalue weighted by molar-refractivity contribution is -0.148. The van der Waals surface area contributed by atoms with Gasteiger partial charge in [-0.15, -0.1) is 0 Å². The maximum atomic E-state index is 12.8. The third-order valence-electron chi connectivity index (χ3n) is 4.73. The smallest absolute Gasteiger partial charge is 0.252 e. The van der Waals surface area contributed by atoms with Crippen LogP contribution in [0.2, 0.25) is 0 Å². The van der Waals surface area contributed by atoms with Crippen molar-refractivity contribution in [1.29, 1.82) is 0 Å². The second-order valence-corrected chi connectivity index (χ2v) is 7.21. The van der Waals surface area contributed by atoms with Crippen LogP contribution in [0.1, 0.15) is 11.3 Å². The summed E-state index contributed by atoms with van der Waals surface area (Å²) in [6.45, 7) is 3.23. The Hall–Kier alpha value is -2.58. The van der Waals surface area contributed by atoms with Crippen molar-refractivity contribution in [2.75, 3.05) is 52.3 Å². The molecule has 0 aromatic carbocycles. The summed E-state index contributed by atoms with van der Waals surface area (Å²) in [5.74, 6) is 0.702. The summed E-state index contributed by atoms with van der Waals surface area (Å²) in [6, 6.07) is 5.82. The maximum Gasteiger partial charge on any atom is 0.252 e. The van der Waals surface area contributed by atoms with Crippen LogP contribution in [0, 0.1) is 0 Å². The Morgan fingerprint density at radius 3 is 2.68 bits per heavy atom. The van der Waals surface area contributed by atoms with E-state index < -0.39 is 6.10 Å². The van der Waals surface area contributed by atoms with E-state index in [-0.39, 0.29) is 5.91 Å². The SMILES string of the molecule is CN(CCc1ccccn1)C(=O)[C@H]1CN(Cc2cnc(N(C)C)nc2)CCO1. The zero-order valence-electron chi connectivity index (χ0n) is 16.8. The van der Waals surface area contributed by atoms with Crippen LogP contribution in [0.25, 0.3) is 0 Å². The van der Waals surface area contributed by atoms with Crippen molar-refractivity contribution in [2.45, 2.75) is 19.1 Å². The van der Waals surface area contributed by atoms with E-state index in [0.717, 1.165) is 24.2 Å². The first-order valence-corrected chi connectivity index (χ1v) is 9.50. The second kappa shape index (κ2) is 9.57. The normalized spacial score (nSPS) is 17.3. The topological polar surface area (TPSA) is 74.7 Å². The number of ether oxygens (including phenoxy) is 1. The molecule has 1 fully saturated rings. The summed E-state index contributed by atoms with van der Waals surface area (Å²) < 4.78 is 5.75. The zero-order chi connectivity index (χ0) is 19.9. The van der Waals surface area contributed by atoms with Crippen molar-refractivity contribution in [1.82, 2.24) is 24.8 Å². The number of likely N-dealkylation sites (N-methyl/N-ethyl adjacent to an activating group) is 1. The standard InChI is InChI=1S/C20H28N6O2/c1-24(2)20-22-12-16(13-23-20)14-26-10-11-28-18(15-26)19(27)25(3)9-7-17-6-4-5-8-21-17/h4-6,8,12-13,18H,7,9-11,14-15H2,1-3H3/t18-/m1/s1. The average molecular weight is 384 g/mol. The van der Waals surface area contributed by atoms with Gasteiger partial charge < -0.3 is 14.5 Å². The minimum absolute atomic E-state index is 0.0137. The van der Waals surface area contributed by atoms with Crippen molar-refractivity contribution in [2.24, 2.45) is 0 Å². The summed E-state index contributed by atoms with van der Waals surface area (Å²) in [7, 11) is 5.65. The Balaban J connectivity index is 1.51. The van der Waals surface area contributed by atoms with Gasteiger partial charge in [0.05, 0.1) is 6.61 Å². The molecule has 0 saturated carbocycles. The van der Waals surface area contributed by atoms with Gasteiger partial charge in [0, 0.05) is 83.6 Å². The van der Waals surface area contributed by atoms with Crippen molar-refractivity contribution in [3.8, 4) is 0 Å². The molecular formula is C20H28N6O2. The number of morpholine rings is 1. The fraction of sp³-hybridized carbons (Fsp3) is 0.500. The molecule has 1 saturated heterocycles. The molecule has 3 heterocycles. The number of hydrogen-bond donors (Lipinski definition) is 0. The lowest BCUT2D eigenvalue weighted by Crippen LogP contribution is -2.50. The van der Waals surface area contributed by atoms with Crippen LogP contribution in [-0.4, -0.2) is 84.1 Å². The summed E-state index contributed by atoms with van der Waals surface area (Å²) >= 11 is 0. The molecule has 28 heavy (non-hydrogen) atoms. The first kappa shape index (κ1) is 20.2. The van der Waals surface area contributed by atoms with E-state index in [4.69, 9.17) is 4.74 Å². The predicted molar refractivity (Wildman–Crippen MR) is 107 cm³/mol. The molecule has 0 aliphatic carbocycles. The van der Waals surface area contributed by atoms with E-state index in [1.54, 1.807) is 11.1 Å². The minimum atomic E-state index is -0.440. The van der Waals surface area contributed by atoms with Gasteiger partial charge in [0.1, 0.15) is 6.10 Å². The third kappa shape index (κ3) is 5.46. The highest BCUT2D eigenvalue weighted by atomic mass is 16.5. The summed E-state index contributed by atoms with van der Waals surface area (Å²) in [6.07, 6.45) is 5.74. The first-order valence-electron chi connectivity index (χ1n) is 9.50. The highest BCUT2D eigenvalue weighted by Gasteiger charge is 2.29. The molecular weight excluding hydrogens is 356 g/mol. The molecule has 2 aromatic heterocycles. The summed E-state index contributed by atoms with van der Waals surface area (Å²) in [5, 5.41) is 0. The number of carbonyl (C=O) groups excluding carboxylic acids is 1. The van der Waals surface area contributed by atoms with Gasteiger partial charge in [-0.05, 0) is 12.1 Å². The van der Waals surface area contributed by atoms with Crippen LogP contribution < -0.4 is 4.90 Å². The monoisotopic (exact) mass is 384 g/mol. The molecule has 2 aromatic rings. The minimum Gasteiger partial charge on any atom is -0.366 e. The van der Waals surface area contributed by atoms with Crippen molar-refractivity contribution >= 4 is 11.9 Å². The molecule has 1 amide bonds. The summed E-state index contributed by atoms with van der Waals surface area (Å²) in [5.41, 5.74) is 2.01. The van der Waals surface area contributed by atoms with E-state index in [0.29, 0.717) is 32.2 Å². The van der Waals surface area contributed by atoms with Gasteiger partial charge in [-0.3, -0.25) is 14.7 Å². The van der Waals surface area contributed by atoms with Gasteiger partial charge in [-0.25, -0.2) is 9.97 Å². The summed E-state index contributed by atoms with van der Waals surface area (Å²) in [4.78, 5) is 31.6. The number of pyridine rings is 1. The van der Waals surface area contributed by atoms with E-state index in [9.17, 15) is 4.79 Å². The highest BCUT2D eigenvalue weighted by molar-refractivity contribution is 5.81. The molecule has 0 bridgehead atoms. The molecule has 0 spiro atoms. The molecule has 1 atom stereocenters. The van der Waals surface area contributed by atoms with Gasteiger partial charge in [0.25, 0.3) is 5.91 Å². The predicted octanol–water partition coefficient (Wildman–Crippen LogP) is 0.840. The zero-order valence-corrected chi connectivity index (χ0v) is 16.8. The number of nitrogens with zero attached hydrogens (tertiary/aromatic N) is 6. The second-order valence-electron chi connectivity index (χ2n) is 7.21. The number of carbonyl (C=O) groups is 1. The van der Waals surface area contributed by atoms with Crippen molar-refractivity contribution < 1.29 is 9.53 Å². The van der Waals surface area contributed by atoms with Gasteiger partial charge in [-0.1, -0.05) is 6.07 Å². The lowest BCUT2D eigenvalue weighted by Gasteiger charge is -2.34. The molecule has 8 heteroatoms. The van der Waals surface area contributed by atoms with Crippen LogP contribution in [0.4, 0.5) is 5.95 Å². The average Bonchev–Trinajstić information content (AvgIpc) is 2.73. The van der Waals surface area contributed by atoms with Crippen LogP contribution in [0.3, 0.4) is 0 Å². The lowest BCUT2D eigenvalue weighted by atomic mass is 10.2. The van der Waals surface area contributed by atoms with E-state index >= 15 is 0 Å². The molecule has 0 unspecified atom stereocenters. The number of aromatic nitrogens is 3. The highest BCUT2D eigenvalue weighted by Crippen LogP contribution is 2.13. The number of hydrogen-bond acceptors (Lipinski definition) is 7. The van der Waals surface area contributed by atoms with Crippen LogP contribution in [0.5, 0.6) is 0 Å². The molecule has 8 nitrogen and oxygen atoms in total. The van der Waals surface area contributed by atoms with E-state index in [2.05, 4.69) is 19.9 Å². The van der Waals surface area contributed by atoms with Gasteiger partial charge >= 0.3 is 0 Å². The van der Waals surface area contributed by atoms with Gasteiger partial charge in [0.15, 0.2) is 0 Å². The maximum absolute atomic E-state index is 12.8. The van der Waals surface area contributed by atoms with Gasteiger partial charge in [0.2, 0.25) is 5.95 Å². The van der Waals surface area contributed by atoms with E-state index in [1.807, 2.05) is 56.6 Å². The molecule has 0 N–H and O–H groups in total. The van der Waals surface area contributed by atoms with Crippen molar-refractivity contribution in [3.63, 3.8) is 0 Å². The largest absolute Gasteiger partial charge is 0.366 e.